The highest BCUT2D eigenvalue weighted by Gasteiger charge is 2.21. The second-order valence-electron chi connectivity index (χ2n) is 6.54. The van der Waals surface area contributed by atoms with Gasteiger partial charge in [-0.05, 0) is 26.0 Å². The van der Waals surface area contributed by atoms with Crippen LogP contribution in [0.25, 0.3) is 0 Å². The monoisotopic (exact) mass is 302 g/mol. The normalized spacial score (nSPS) is 20.9. The smallest absolute Gasteiger partial charge is 0.255 e. The van der Waals surface area contributed by atoms with Gasteiger partial charge in [-0.25, -0.2) is 0 Å². The number of nitrogens with zero attached hydrogens (tertiary/aromatic N) is 3. The van der Waals surface area contributed by atoms with Crippen molar-refractivity contribution in [2.75, 3.05) is 38.5 Å². The van der Waals surface area contributed by atoms with Gasteiger partial charge in [-0.3, -0.25) is 9.78 Å². The predicted octanol–water partition coefficient (Wildman–Crippen LogP) is 2.21. The molecule has 0 aromatic carbocycles. The van der Waals surface area contributed by atoms with Crippen LogP contribution in [0.5, 0.6) is 0 Å². The number of aromatic nitrogens is 1. The lowest BCUT2D eigenvalue weighted by Crippen LogP contribution is -2.47. The zero-order valence-electron chi connectivity index (χ0n) is 13.4. The molecule has 2 heterocycles. The molecule has 1 aromatic rings. The number of likely N-dealkylation sites (N-methyl/N-ethyl adjacent to an activating group) is 1. The summed E-state index contributed by atoms with van der Waals surface area (Å²) in [5.41, 5.74) is 1.68. The number of anilines is 1. The Morgan fingerprint density at radius 1 is 1.14 bits per heavy atom. The summed E-state index contributed by atoms with van der Waals surface area (Å²) >= 11 is 0. The summed E-state index contributed by atoms with van der Waals surface area (Å²) in [5, 5.41) is 3.54. The van der Waals surface area contributed by atoms with Crippen LogP contribution in [0.1, 0.15) is 42.5 Å². The fourth-order valence-electron chi connectivity index (χ4n) is 3.31. The van der Waals surface area contributed by atoms with Crippen molar-refractivity contribution in [3.63, 3.8) is 0 Å². The summed E-state index contributed by atoms with van der Waals surface area (Å²) in [6.45, 7) is 3.49. The molecule has 5 heteroatoms. The second-order valence-corrected chi connectivity index (χ2v) is 6.54. The number of rotatable bonds is 3. The number of hydrogen-bond donors (Lipinski definition) is 1. The molecule has 120 valence electrons. The average molecular weight is 302 g/mol. The highest BCUT2D eigenvalue weighted by atomic mass is 16.2. The van der Waals surface area contributed by atoms with E-state index in [1.54, 1.807) is 6.20 Å². The Kier molecular flexibility index (Phi) is 4.93. The SMILES string of the molecule is CN1CCN(C(=O)c2cncc(NC3CCCCC3)c2)CC1. The number of amides is 1. The first-order valence-corrected chi connectivity index (χ1v) is 8.42. The van der Waals surface area contributed by atoms with Crippen molar-refractivity contribution in [2.24, 2.45) is 0 Å². The summed E-state index contributed by atoms with van der Waals surface area (Å²) in [6, 6.07) is 2.49. The van der Waals surface area contributed by atoms with E-state index in [1.807, 2.05) is 17.2 Å². The van der Waals surface area contributed by atoms with E-state index >= 15 is 0 Å². The maximum atomic E-state index is 12.6. The largest absolute Gasteiger partial charge is 0.381 e. The molecule has 1 aromatic heterocycles. The fraction of sp³-hybridized carbons (Fsp3) is 0.647. The first-order chi connectivity index (χ1) is 10.7. The molecule has 1 saturated heterocycles. The summed E-state index contributed by atoms with van der Waals surface area (Å²) in [7, 11) is 2.10. The van der Waals surface area contributed by atoms with Crippen LogP contribution in [0, 0.1) is 0 Å². The summed E-state index contributed by atoms with van der Waals surface area (Å²) < 4.78 is 0. The van der Waals surface area contributed by atoms with Crippen LogP contribution in [0.3, 0.4) is 0 Å². The minimum Gasteiger partial charge on any atom is -0.381 e. The molecule has 0 bridgehead atoms. The van der Waals surface area contributed by atoms with Gasteiger partial charge >= 0.3 is 0 Å². The fourth-order valence-corrected chi connectivity index (χ4v) is 3.31. The predicted molar refractivity (Wildman–Crippen MR) is 88.1 cm³/mol. The molecule has 0 unspecified atom stereocenters. The van der Waals surface area contributed by atoms with Gasteiger partial charge in [0.1, 0.15) is 0 Å². The maximum Gasteiger partial charge on any atom is 0.255 e. The molecule has 0 spiro atoms. The standard InChI is InChI=1S/C17H26N4O/c1-20-7-9-21(10-8-20)17(22)14-11-16(13-18-12-14)19-15-5-3-2-4-6-15/h11-13,15,19H,2-10H2,1H3. The zero-order valence-corrected chi connectivity index (χ0v) is 13.4. The Morgan fingerprint density at radius 3 is 2.59 bits per heavy atom. The van der Waals surface area contributed by atoms with Crippen molar-refractivity contribution in [3.8, 4) is 0 Å². The van der Waals surface area contributed by atoms with Crippen molar-refractivity contribution in [2.45, 2.75) is 38.1 Å². The van der Waals surface area contributed by atoms with E-state index in [1.165, 1.54) is 32.1 Å². The van der Waals surface area contributed by atoms with Gasteiger partial charge in [0, 0.05) is 44.6 Å². The van der Waals surface area contributed by atoms with E-state index in [4.69, 9.17) is 0 Å². The number of pyridine rings is 1. The molecule has 1 aliphatic heterocycles. The van der Waals surface area contributed by atoms with Crippen molar-refractivity contribution in [3.05, 3.63) is 24.0 Å². The van der Waals surface area contributed by atoms with Gasteiger partial charge in [-0.2, -0.15) is 0 Å². The maximum absolute atomic E-state index is 12.6. The zero-order chi connectivity index (χ0) is 15.4. The molecule has 5 nitrogen and oxygen atoms in total. The number of piperazine rings is 1. The molecule has 1 amide bonds. The van der Waals surface area contributed by atoms with Gasteiger partial charge in [0.05, 0.1) is 11.3 Å². The van der Waals surface area contributed by atoms with E-state index in [2.05, 4.69) is 22.2 Å². The lowest BCUT2D eigenvalue weighted by molar-refractivity contribution is 0.0663. The Hall–Kier alpha value is -1.62. The van der Waals surface area contributed by atoms with E-state index in [-0.39, 0.29) is 5.91 Å². The van der Waals surface area contributed by atoms with Gasteiger partial charge in [0.15, 0.2) is 0 Å². The van der Waals surface area contributed by atoms with Crippen LogP contribution < -0.4 is 5.32 Å². The van der Waals surface area contributed by atoms with Crippen molar-refractivity contribution < 1.29 is 4.79 Å². The van der Waals surface area contributed by atoms with E-state index in [9.17, 15) is 4.79 Å². The third kappa shape index (κ3) is 3.77. The molecule has 2 fully saturated rings. The molecule has 0 radical (unpaired) electrons. The van der Waals surface area contributed by atoms with Crippen LogP contribution in [0.4, 0.5) is 5.69 Å². The van der Waals surface area contributed by atoms with Crippen LogP contribution in [0.15, 0.2) is 18.5 Å². The van der Waals surface area contributed by atoms with Gasteiger partial charge in [-0.1, -0.05) is 19.3 Å². The van der Waals surface area contributed by atoms with Gasteiger partial charge in [-0.15, -0.1) is 0 Å². The van der Waals surface area contributed by atoms with Crippen LogP contribution >= 0.6 is 0 Å². The molecule has 2 aliphatic rings. The van der Waals surface area contributed by atoms with Crippen molar-refractivity contribution in [1.29, 1.82) is 0 Å². The van der Waals surface area contributed by atoms with Crippen LogP contribution in [-0.4, -0.2) is 60.0 Å². The summed E-state index contributed by atoms with van der Waals surface area (Å²) in [5.74, 6) is 0.105. The molecular formula is C17H26N4O. The average Bonchev–Trinajstić information content (AvgIpc) is 2.56. The number of nitrogens with one attached hydrogen (secondary N) is 1. The molecule has 1 saturated carbocycles. The topological polar surface area (TPSA) is 48.5 Å². The lowest BCUT2D eigenvalue weighted by atomic mass is 9.95. The van der Waals surface area contributed by atoms with Gasteiger partial charge in [0.25, 0.3) is 5.91 Å². The number of carbonyl (C=O) groups is 1. The minimum absolute atomic E-state index is 0.105. The first kappa shape index (κ1) is 15.3. The molecule has 22 heavy (non-hydrogen) atoms. The molecular weight excluding hydrogens is 276 g/mol. The molecule has 1 N–H and O–H groups in total. The number of hydrogen-bond acceptors (Lipinski definition) is 4. The summed E-state index contributed by atoms with van der Waals surface area (Å²) in [4.78, 5) is 21.0. The molecule has 3 rings (SSSR count). The van der Waals surface area contributed by atoms with Gasteiger partial charge < -0.3 is 15.1 Å². The third-order valence-corrected chi connectivity index (χ3v) is 4.75. The van der Waals surface area contributed by atoms with Gasteiger partial charge in [0.2, 0.25) is 0 Å². The number of carbonyl (C=O) groups excluding carboxylic acids is 1. The highest BCUT2D eigenvalue weighted by Crippen LogP contribution is 2.22. The van der Waals surface area contributed by atoms with E-state index in [0.717, 1.165) is 31.9 Å². The first-order valence-electron chi connectivity index (χ1n) is 8.42. The van der Waals surface area contributed by atoms with E-state index in [0.29, 0.717) is 11.6 Å². The molecule has 0 atom stereocenters. The van der Waals surface area contributed by atoms with Crippen LogP contribution in [-0.2, 0) is 0 Å². The second kappa shape index (κ2) is 7.09. The van der Waals surface area contributed by atoms with Crippen LogP contribution in [0.2, 0.25) is 0 Å². The van der Waals surface area contributed by atoms with Crippen molar-refractivity contribution >= 4 is 11.6 Å². The molecule has 1 aliphatic carbocycles. The van der Waals surface area contributed by atoms with E-state index < -0.39 is 0 Å². The Labute approximate surface area is 132 Å². The Balaban J connectivity index is 1.63. The highest BCUT2D eigenvalue weighted by molar-refractivity contribution is 5.94. The Morgan fingerprint density at radius 2 is 1.86 bits per heavy atom. The minimum atomic E-state index is 0.105. The lowest BCUT2D eigenvalue weighted by Gasteiger charge is -2.32. The Bertz CT molecular complexity index is 505. The summed E-state index contributed by atoms with van der Waals surface area (Å²) in [6.07, 6.45) is 9.89. The third-order valence-electron chi connectivity index (χ3n) is 4.75. The quantitative estimate of drug-likeness (QED) is 0.930. The van der Waals surface area contributed by atoms with Crippen molar-refractivity contribution in [1.82, 2.24) is 14.8 Å².